The summed E-state index contributed by atoms with van der Waals surface area (Å²) < 4.78 is 11.0. The number of hydrogen-bond acceptors (Lipinski definition) is 8. The number of nitrogens with zero attached hydrogens (tertiary/aromatic N) is 5. The summed E-state index contributed by atoms with van der Waals surface area (Å²) in [7, 11) is 0. The molecule has 0 aliphatic carbocycles. The van der Waals surface area contributed by atoms with Crippen molar-refractivity contribution in [2.45, 2.75) is 71.0 Å². The first-order valence-electron chi connectivity index (χ1n) is 13.4. The molecule has 1 aromatic rings. The second kappa shape index (κ2) is 11.2. The average molecular weight is 548 g/mol. The number of pyridine rings is 1. The number of piperidine rings is 1. The quantitative estimate of drug-likeness (QED) is 0.556. The molecule has 10 nitrogen and oxygen atoms in total. The van der Waals surface area contributed by atoms with E-state index in [1.165, 1.54) is 0 Å². The van der Waals surface area contributed by atoms with Crippen LogP contribution in [0.15, 0.2) is 18.3 Å². The van der Waals surface area contributed by atoms with Crippen molar-refractivity contribution >= 4 is 41.4 Å². The van der Waals surface area contributed by atoms with E-state index < -0.39 is 11.2 Å². The number of likely N-dealkylation sites (tertiary alicyclic amines) is 1. The second-order valence-electron chi connectivity index (χ2n) is 12.1. The normalized spacial score (nSPS) is 21.6. The van der Waals surface area contributed by atoms with Gasteiger partial charge in [-0.3, -0.25) is 9.69 Å². The lowest BCUT2D eigenvalue weighted by Gasteiger charge is -2.38. The van der Waals surface area contributed by atoms with E-state index in [4.69, 9.17) is 9.47 Å². The molecule has 0 spiro atoms. The zero-order valence-corrected chi connectivity index (χ0v) is 24.3. The molecule has 0 N–H and O–H groups in total. The van der Waals surface area contributed by atoms with Crippen molar-refractivity contribution in [3.63, 3.8) is 0 Å². The van der Waals surface area contributed by atoms with Gasteiger partial charge in [0.25, 0.3) is 0 Å². The first-order valence-corrected chi connectivity index (χ1v) is 14.5. The molecule has 38 heavy (non-hydrogen) atoms. The third kappa shape index (κ3) is 7.03. The van der Waals surface area contributed by atoms with Crippen molar-refractivity contribution < 1.29 is 23.9 Å². The summed E-state index contributed by atoms with van der Waals surface area (Å²) in [6.07, 6.45) is 2.91. The van der Waals surface area contributed by atoms with E-state index in [0.717, 1.165) is 18.5 Å². The minimum absolute atomic E-state index is 0.0130. The SMILES string of the molecule is CC(C)(C)OC(=O)N1CCC(C2SCC(=O)N2c2ccc(N3CCN(C(=O)OC(C)(C)C)CC3)cn2)CC1. The van der Waals surface area contributed by atoms with Gasteiger partial charge in [0.05, 0.1) is 23.0 Å². The Morgan fingerprint density at radius 3 is 1.92 bits per heavy atom. The maximum atomic E-state index is 12.9. The Morgan fingerprint density at radius 1 is 0.868 bits per heavy atom. The van der Waals surface area contributed by atoms with Crippen molar-refractivity contribution in [1.82, 2.24) is 14.8 Å². The standard InChI is InChI=1S/C27H41N5O5S/c1-26(2,3)36-24(34)30-11-9-19(10-12-30)23-32(22(33)18-38-23)21-8-7-20(17-28-21)29-13-15-31(16-14-29)25(35)37-27(4,5)6/h7-8,17,19,23H,9-16,18H2,1-6H3. The largest absolute Gasteiger partial charge is 0.444 e. The first kappa shape index (κ1) is 28.3. The second-order valence-corrected chi connectivity index (χ2v) is 13.2. The Labute approximate surface area is 230 Å². The van der Waals surface area contributed by atoms with Gasteiger partial charge < -0.3 is 24.2 Å². The molecule has 3 fully saturated rings. The number of carbonyl (C=O) groups excluding carboxylic acids is 3. The minimum Gasteiger partial charge on any atom is -0.444 e. The van der Waals surface area contributed by atoms with Crippen LogP contribution in [0.25, 0.3) is 0 Å². The molecule has 3 aliphatic rings. The lowest BCUT2D eigenvalue weighted by molar-refractivity contribution is -0.116. The lowest BCUT2D eigenvalue weighted by Crippen LogP contribution is -2.50. The van der Waals surface area contributed by atoms with Crippen LogP contribution in [0.5, 0.6) is 0 Å². The van der Waals surface area contributed by atoms with Crippen LogP contribution in [0.2, 0.25) is 0 Å². The Bertz CT molecular complexity index is 1010. The number of rotatable bonds is 3. The molecule has 1 aromatic heterocycles. The summed E-state index contributed by atoms with van der Waals surface area (Å²) in [5.41, 5.74) is -0.0483. The number of ether oxygens (including phenoxy) is 2. The molecular formula is C27H41N5O5S. The molecule has 1 unspecified atom stereocenters. The molecule has 4 heterocycles. The summed E-state index contributed by atoms with van der Waals surface area (Å²) in [5.74, 6) is 1.46. The summed E-state index contributed by atoms with van der Waals surface area (Å²) in [4.78, 5) is 49.9. The topological polar surface area (TPSA) is 95.5 Å². The number of amides is 3. The number of piperazine rings is 1. The van der Waals surface area contributed by atoms with Crippen LogP contribution in [0.3, 0.4) is 0 Å². The molecule has 0 bridgehead atoms. The zero-order valence-electron chi connectivity index (χ0n) is 23.4. The summed E-state index contributed by atoms with van der Waals surface area (Å²) in [6.45, 7) is 15.0. The molecule has 3 amide bonds. The van der Waals surface area contributed by atoms with Gasteiger partial charge in [0.1, 0.15) is 17.0 Å². The van der Waals surface area contributed by atoms with Crippen molar-refractivity contribution in [3.05, 3.63) is 18.3 Å². The van der Waals surface area contributed by atoms with Gasteiger partial charge in [0.2, 0.25) is 5.91 Å². The van der Waals surface area contributed by atoms with Gasteiger partial charge in [-0.15, -0.1) is 11.8 Å². The highest BCUT2D eigenvalue weighted by Crippen LogP contribution is 2.39. The minimum atomic E-state index is -0.512. The zero-order chi connectivity index (χ0) is 27.7. The predicted molar refractivity (Wildman–Crippen MR) is 149 cm³/mol. The monoisotopic (exact) mass is 547 g/mol. The van der Waals surface area contributed by atoms with Gasteiger partial charge in [-0.2, -0.15) is 0 Å². The smallest absolute Gasteiger partial charge is 0.410 e. The maximum Gasteiger partial charge on any atom is 0.410 e. The van der Waals surface area contributed by atoms with Gasteiger partial charge in [-0.05, 0) is 72.4 Å². The fourth-order valence-corrected chi connectivity index (χ4v) is 6.29. The van der Waals surface area contributed by atoms with E-state index in [0.29, 0.717) is 50.8 Å². The predicted octanol–water partition coefficient (Wildman–Crippen LogP) is 4.19. The van der Waals surface area contributed by atoms with Crippen molar-refractivity contribution in [2.24, 2.45) is 5.92 Å². The van der Waals surface area contributed by atoms with E-state index in [1.54, 1.807) is 21.6 Å². The number of thioether (sulfide) groups is 1. The van der Waals surface area contributed by atoms with Crippen molar-refractivity contribution in [2.75, 3.05) is 54.8 Å². The molecule has 1 atom stereocenters. The van der Waals surface area contributed by atoms with Crippen LogP contribution in [0, 0.1) is 5.92 Å². The Hall–Kier alpha value is -2.69. The molecule has 11 heteroatoms. The maximum absolute atomic E-state index is 12.9. The van der Waals surface area contributed by atoms with E-state index in [9.17, 15) is 14.4 Å². The van der Waals surface area contributed by atoms with E-state index in [2.05, 4.69) is 9.88 Å². The summed E-state index contributed by atoms with van der Waals surface area (Å²) in [6, 6.07) is 3.92. The van der Waals surface area contributed by atoms with Gasteiger partial charge in [0.15, 0.2) is 0 Å². The highest BCUT2D eigenvalue weighted by atomic mass is 32.2. The van der Waals surface area contributed by atoms with E-state index in [1.807, 2.05) is 64.8 Å². The number of carbonyl (C=O) groups is 3. The lowest BCUT2D eigenvalue weighted by atomic mass is 9.96. The van der Waals surface area contributed by atoms with Crippen LogP contribution in [0.4, 0.5) is 21.1 Å². The Morgan fingerprint density at radius 2 is 1.42 bits per heavy atom. The van der Waals surface area contributed by atoms with E-state index in [-0.39, 0.29) is 29.4 Å². The summed E-state index contributed by atoms with van der Waals surface area (Å²) >= 11 is 1.66. The first-order chi connectivity index (χ1) is 17.8. The fraction of sp³-hybridized carbons (Fsp3) is 0.704. The van der Waals surface area contributed by atoms with Gasteiger partial charge in [-0.1, -0.05) is 0 Å². The van der Waals surface area contributed by atoms with Gasteiger partial charge in [-0.25, -0.2) is 14.6 Å². The third-order valence-electron chi connectivity index (χ3n) is 6.77. The van der Waals surface area contributed by atoms with Crippen LogP contribution >= 0.6 is 11.8 Å². The molecular weight excluding hydrogens is 506 g/mol. The number of anilines is 2. The van der Waals surface area contributed by atoms with E-state index >= 15 is 0 Å². The molecule has 0 saturated carbocycles. The number of hydrogen-bond donors (Lipinski definition) is 0. The Balaban J connectivity index is 1.33. The Kier molecular flexibility index (Phi) is 8.34. The van der Waals surface area contributed by atoms with Gasteiger partial charge in [0, 0.05) is 39.3 Å². The summed E-state index contributed by atoms with van der Waals surface area (Å²) in [5, 5.41) is 0.0130. The highest BCUT2D eigenvalue weighted by molar-refractivity contribution is 8.01. The average Bonchev–Trinajstić information content (AvgIpc) is 3.23. The van der Waals surface area contributed by atoms with Crippen LogP contribution in [-0.2, 0) is 14.3 Å². The van der Waals surface area contributed by atoms with Crippen LogP contribution in [0.1, 0.15) is 54.4 Å². The van der Waals surface area contributed by atoms with Crippen LogP contribution < -0.4 is 9.80 Å². The number of aromatic nitrogens is 1. The highest BCUT2D eigenvalue weighted by Gasteiger charge is 2.41. The fourth-order valence-electron chi connectivity index (χ4n) is 4.92. The molecule has 0 radical (unpaired) electrons. The molecule has 3 aliphatic heterocycles. The molecule has 3 saturated heterocycles. The van der Waals surface area contributed by atoms with Crippen molar-refractivity contribution in [1.29, 1.82) is 0 Å². The molecule has 4 rings (SSSR count). The molecule has 0 aromatic carbocycles. The van der Waals surface area contributed by atoms with Crippen molar-refractivity contribution in [3.8, 4) is 0 Å². The molecule has 210 valence electrons. The van der Waals surface area contributed by atoms with Crippen LogP contribution in [-0.4, -0.2) is 94.5 Å². The third-order valence-corrected chi connectivity index (χ3v) is 8.12. The van der Waals surface area contributed by atoms with Gasteiger partial charge >= 0.3 is 12.2 Å².